The lowest BCUT2D eigenvalue weighted by atomic mass is 10.0. The zero-order valence-electron chi connectivity index (χ0n) is 25.3. The molecular weight excluding hydrogens is 511 g/mol. The highest BCUT2D eigenvalue weighted by Gasteiger charge is 2.13. The number of esters is 1. The molecule has 0 spiro atoms. The number of halogens is 1. The fraction of sp³-hybridized carbons (Fsp3) is 0.528. The molecule has 0 saturated carbocycles. The molecule has 0 N–H and O–H groups in total. The number of unbranched alkanes of at least 4 members (excludes halogenated alkanes) is 13. The van der Waals surface area contributed by atoms with E-state index in [1.807, 2.05) is 12.1 Å². The van der Waals surface area contributed by atoms with E-state index in [4.69, 9.17) is 4.74 Å². The Morgan fingerprint density at radius 1 is 0.659 bits per heavy atom. The molecule has 3 aromatic rings. The fourth-order valence-corrected chi connectivity index (χ4v) is 5.09. The van der Waals surface area contributed by atoms with Gasteiger partial charge in [0, 0.05) is 18.5 Å². The topological polar surface area (TPSA) is 52.1 Å². The molecule has 222 valence electrons. The molecule has 0 saturated heterocycles. The van der Waals surface area contributed by atoms with E-state index in [0.29, 0.717) is 11.4 Å². The number of aromatic nitrogens is 2. The molecule has 0 amide bonds. The molecule has 0 aliphatic carbocycles. The highest BCUT2D eigenvalue weighted by molar-refractivity contribution is 5.91. The smallest absolute Gasteiger partial charge is 0.343 e. The predicted octanol–water partition coefficient (Wildman–Crippen LogP) is 10.5. The highest BCUT2D eigenvalue weighted by Crippen LogP contribution is 2.25. The van der Waals surface area contributed by atoms with Crippen LogP contribution in [0.5, 0.6) is 5.75 Å². The lowest BCUT2D eigenvalue weighted by molar-refractivity contribution is 0.0734. The number of hydrogen-bond acceptors (Lipinski definition) is 4. The zero-order valence-corrected chi connectivity index (χ0v) is 25.3. The Kier molecular flexibility index (Phi) is 15.1. The summed E-state index contributed by atoms with van der Waals surface area (Å²) in [5.74, 6) is -0.525. The summed E-state index contributed by atoms with van der Waals surface area (Å²) in [6.45, 7) is 4.48. The standard InChI is InChI=1S/C36H49FN2O2/c1-3-5-7-9-11-13-14-16-18-29-20-22-31(23-21-29)36(40)41-32-24-25-33(34(37)26-32)35-38-27-30(28-39-35)19-17-15-12-10-8-6-4-2/h20-28H,3-19H2,1-2H3. The van der Waals surface area contributed by atoms with Crippen LogP contribution in [0.25, 0.3) is 11.4 Å². The Bertz CT molecular complexity index is 1150. The Labute approximate surface area is 247 Å². The first kappa shape index (κ1) is 32.4. The fourth-order valence-electron chi connectivity index (χ4n) is 5.09. The molecule has 0 aliphatic heterocycles. The minimum Gasteiger partial charge on any atom is -0.423 e. The first-order valence-electron chi connectivity index (χ1n) is 16.0. The van der Waals surface area contributed by atoms with Crippen LogP contribution in [0, 0.1) is 5.82 Å². The maximum absolute atomic E-state index is 14.9. The van der Waals surface area contributed by atoms with Crippen molar-refractivity contribution >= 4 is 5.97 Å². The van der Waals surface area contributed by atoms with E-state index in [1.165, 1.54) is 95.1 Å². The van der Waals surface area contributed by atoms with Gasteiger partial charge in [-0.15, -0.1) is 0 Å². The average molecular weight is 561 g/mol. The molecule has 0 radical (unpaired) electrons. The van der Waals surface area contributed by atoms with Crippen LogP contribution in [0.4, 0.5) is 4.39 Å². The van der Waals surface area contributed by atoms with E-state index in [1.54, 1.807) is 36.7 Å². The van der Waals surface area contributed by atoms with Gasteiger partial charge in [0.15, 0.2) is 5.82 Å². The predicted molar refractivity (Wildman–Crippen MR) is 167 cm³/mol. The molecule has 0 bridgehead atoms. The second-order valence-electron chi connectivity index (χ2n) is 11.2. The molecule has 0 fully saturated rings. The summed E-state index contributed by atoms with van der Waals surface area (Å²) >= 11 is 0. The van der Waals surface area contributed by atoms with Gasteiger partial charge in [-0.2, -0.15) is 0 Å². The van der Waals surface area contributed by atoms with Gasteiger partial charge in [-0.1, -0.05) is 109 Å². The van der Waals surface area contributed by atoms with E-state index >= 15 is 0 Å². The molecule has 41 heavy (non-hydrogen) atoms. The molecule has 1 aromatic heterocycles. The Morgan fingerprint density at radius 3 is 1.71 bits per heavy atom. The maximum Gasteiger partial charge on any atom is 0.343 e. The average Bonchev–Trinajstić information content (AvgIpc) is 2.99. The van der Waals surface area contributed by atoms with Crippen molar-refractivity contribution in [2.45, 2.75) is 123 Å². The third-order valence-electron chi connectivity index (χ3n) is 7.67. The van der Waals surface area contributed by atoms with Crippen LogP contribution >= 0.6 is 0 Å². The van der Waals surface area contributed by atoms with Crippen molar-refractivity contribution in [3.63, 3.8) is 0 Å². The summed E-state index contributed by atoms with van der Waals surface area (Å²) in [5.41, 5.74) is 3.03. The highest BCUT2D eigenvalue weighted by atomic mass is 19.1. The van der Waals surface area contributed by atoms with Crippen molar-refractivity contribution in [2.24, 2.45) is 0 Å². The third-order valence-corrected chi connectivity index (χ3v) is 7.67. The van der Waals surface area contributed by atoms with Crippen molar-refractivity contribution in [3.05, 3.63) is 77.4 Å². The van der Waals surface area contributed by atoms with Gasteiger partial charge in [0.1, 0.15) is 11.6 Å². The van der Waals surface area contributed by atoms with Crippen molar-refractivity contribution in [1.82, 2.24) is 9.97 Å². The number of aryl methyl sites for hydroxylation is 2. The molecular formula is C36H49FN2O2. The molecule has 0 unspecified atom stereocenters. The summed E-state index contributed by atoms with van der Waals surface area (Å²) in [7, 11) is 0. The van der Waals surface area contributed by atoms with Crippen LogP contribution in [0.3, 0.4) is 0 Å². The van der Waals surface area contributed by atoms with Gasteiger partial charge in [0.25, 0.3) is 0 Å². The molecule has 5 heteroatoms. The second-order valence-corrected chi connectivity index (χ2v) is 11.2. The number of hydrogen-bond donors (Lipinski definition) is 0. The third kappa shape index (κ3) is 12.1. The Balaban J connectivity index is 1.42. The van der Waals surface area contributed by atoms with Crippen molar-refractivity contribution in [1.29, 1.82) is 0 Å². The first-order valence-corrected chi connectivity index (χ1v) is 16.0. The van der Waals surface area contributed by atoms with Gasteiger partial charge in [0.05, 0.1) is 11.1 Å². The van der Waals surface area contributed by atoms with Crippen LogP contribution in [0.2, 0.25) is 0 Å². The summed E-state index contributed by atoms with van der Waals surface area (Å²) in [6.07, 6.45) is 24.7. The van der Waals surface area contributed by atoms with Gasteiger partial charge < -0.3 is 4.74 Å². The maximum atomic E-state index is 14.9. The number of carbonyl (C=O) groups excluding carboxylic acids is 1. The minimum atomic E-state index is -0.518. The monoisotopic (exact) mass is 560 g/mol. The number of ether oxygens (including phenoxy) is 1. The lowest BCUT2D eigenvalue weighted by Crippen LogP contribution is -2.09. The summed E-state index contributed by atoms with van der Waals surface area (Å²) in [5, 5.41) is 0. The largest absolute Gasteiger partial charge is 0.423 e. The van der Waals surface area contributed by atoms with Crippen molar-refractivity contribution < 1.29 is 13.9 Å². The Morgan fingerprint density at radius 2 is 1.17 bits per heavy atom. The number of benzene rings is 2. The quantitative estimate of drug-likeness (QED) is 0.0783. The number of nitrogens with zero attached hydrogens (tertiary/aromatic N) is 2. The van der Waals surface area contributed by atoms with E-state index in [0.717, 1.165) is 31.2 Å². The summed E-state index contributed by atoms with van der Waals surface area (Å²) in [6, 6.07) is 11.9. The van der Waals surface area contributed by atoms with Crippen LogP contribution < -0.4 is 4.74 Å². The molecule has 2 aromatic carbocycles. The van der Waals surface area contributed by atoms with Crippen molar-refractivity contribution in [2.75, 3.05) is 0 Å². The molecule has 0 atom stereocenters. The summed E-state index contributed by atoms with van der Waals surface area (Å²) in [4.78, 5) is 21.4. The second kappa shape index (κ2) is 19.1. The van der Waals surface area contributed by atoms with E-state index in [2.05, 4.69) is 23.8 Å². The molecule has 4 nitrogen and oxygen atoms in total. The van der Waals surface area contributed by atoms with Gasteiger partial charge in [-0.25, -0.2) is 19.2 Å². The summed E-state index contributed by atoms with van der Waals surface area (Å²) < 4.78 is 20.3. The van der Waals surface area contributed by atoms with Gasteiger partial charge in [-0.3, -0.25) is 0 Å². The van der Waals surface area contributed by atoms with E-state index in [-0.39, 0.29) is 11.3 Å². The normalized spacial score (nSPS) is 11.1. The van der Waals surface area contributed by atoms with E-state index < -0.39 is 11.8 Å². The van der Waals surface area contributed by atoms with Crippen LogP contribution in [0.1, 0.15) is 132 Å². The van der Waals surface area contributed by atoms with Crippen LogP contribution in [0.15, 0.2) is 54.9 Å². The number of carbonyl (C=O) groups is 1. The molecule has 1 heterocycles. The van der Waals surface area contributed by atoms with E-state index in [9.17, 15) is 9.18 Å². The molecule has 0 aliphatic rings. The van der Waals surface area contributed by atoms with Gasteiger partial charge in [0.2, 0.25) is 0 Å². The first-order chi connectivity index (χ1) is 20.1. The molecule has 3 rings (SSSR count). The SMILES string of the molecule is CCCCCCCCCCc1ccc(C(=O)Oc2ccc(-c3ncc(CCCCCCCCC)cn3)c(F)c2)cc1. The van der Waals surface area contributed by atoms with Gasteiger partial charge >= 0.3 is 5.97 Å². The zero-order chi connectivity index (χ0) is 29.1. The van der Waals surface area contributed by atoms with Crippen molar-refractivity contribution in [3.8, 4) is 17.1 Å². The van der Waals surface area contributed by atoms with Crippen LogP contribution in [-0.4, -0.2) is 15.9 Å². The van der Waals surface area contributed by atoms with Gasteiger partial charge in [-0.05, 0) is 61.1 Å². The number of rotatable bonds is 20. The minimum absolute atomic E-state index is 0.162. The Hall–Kier alpha value is -3.08. The van der Waals surface area contributed by atoms with Crippen LogP contribution in [-0.2, 0) is 12.8 Å². The lowest BCUT2D eigenvalue weighted by Gasteiger charge is -2.08.